The van der Waals surface area contributed by atoms with Gasteiger partial charge in [-0.15, -0.1) is 11.3 Å². The van der Waals surface area contributed by atoms with E-state index in [-0.39, 0.29) is 11.6 Å². The maximum Gasteiger partial charge on any atom is 0.356 e. The first-order valence-corrected chi connectivity index (χ1v) is 10.0. The van der Waals surface area contributed by atoms with Crippen molar-refractivity contribution in [3.05, 3.63) is 53.6 Å². The van der Waals surface area contributed by atoms with E-state index in [0.29, 0.717) is 23.3 Å². The van der Waals surface area contributed by atoms with Gasteiger partial charge in [-0.3, -0.25) is 9.36 Å². The number of carbonyl (C=O) groups is 2. The molecule has 4 rings (SSSR count). The standard InChI is InChI=1S/C20H20N6O3S/c1-12(27)24-16-15-9-13(10-23-18(15)25(2)17(16)19(28)29-3)22-11-14-5-4-7-26(14)20-21-6-8-30-20/h4-10,22H,11H2,1-3H3,(H,24,27). The highest BCUT2D eigenvalue weighted by Crippen LogP contribution is 2.32. The Hall–Kier alpha value is -3.66. The number of carbonyl (C=O) groups excluding carboxylic acids is 2. The molecule has 0 saturated heterocycles. The van der Waals surface area contributed by atoms with Crippen LogP contribution in [0.25, 0.3) is 16.2 Å². The van der Waals surface area contributed by atoms with Crippen LogP contribution >= 0.6 is 11.3 Å². The van der Waals surface area contributed by atoms with Gasteiger partial charge in [-0.1, -0.05) is 0 Å². The van der Waals surface area contributed by atoms with Gasteiger partial charge in [0.1, 0.15) is 5.65 Å². The van der Waals surface area contributed by atoms with Crippen LogP contribution in [0.1, 0.15) is 23.1 Å². The number of fused-ring (bicyclic) bond motifs is 1. The molecule has 0 fully saturated rings. The van der Waals surface area contributed by atoms with Gasteiger partial charge in [0.05, 0.1) is 31.2 Å². The smallest absolute Gasteiger partial charge is 0.356 e. The first-order chi connectivity index (χ1) is 14.5. The zero-order chi connectivity index (χ0) is 21.3. The fourth-order valence-electron chi connectivity index (χ4n) is 3.32. The monoisotopic (exact) mass is 424 g/mol. The molecule has 10 heteroatoms. The van der Waals surface area contributed by atoms with Gasteiger partial charge >= 0.3 is 5.97 Å². The third-order valence-corrected chi connectivity index (χ3v) is 5.41. The summed E-state index contributed by atoms with van der Waals surface area (Å²) in [5.74, 6) is -0.831. The lowest BCUT2D eigenvalue weighted by molar-refractivity contribution is -0.114. The Bertz CT molecular complexity index is 1230. The van der Waals surface area contributed by atoms with Gasteiger partial charge in [0.25, 0.3) is 0 Å². The minimum atomic E-state index is -0.546. The predicted octanol–water partition coefficient (Wildman–Crippen LogP) is 3.18. The van der Waals surface area contributed by atoms with Crippen molar-refractivity contribution in [1.29, 1.82) is 0 Å². The number of nitrogens with zero attached hydrogens (tertiary/aromatic N) is 4. The molecule has 4 heterocycles. The van der Waals surface area contributed by atoms with Crippen molar-refractivity contribution in [3.63, 3.8) is 0 Å². The summed E-state index contributed by atoms with van der Waals surface area (Å²) in [6.45, 7) is 1.94. The van der Waals surface area contributed by atoms with E-state index in [1.165, 1.54) is 14.0 Å². The third-order valence-electron chi connectivity index (χ3n) is 4.64. The minimum absolute atomic E-state index is 0.241. The van der Waals surface area contributed by atoms with E-state index >= 15 is 0 Å². The molecule has 4 aromatic heterocycles. The Morgan fingerprint density at radius 1 is 1.30 bits per heavy atom. The van der Waals surface area contributed by atoms with Crippen LogP contribution in [-0.4, -0.2) is 38.1 Å². The highest BCUT2D eigenvalue weighted by Gasteiger charge is 2.23. The second kappa shape index (κ2) is 7.99. The molecule has 30 heavy (non-hydrogen) atoms. The van der Waals surface area contributed by atoms with E-state index in [9.17, 15) is 9.59 Å². The second-order valence-electron chi connectivity index (χ2n) is 6.59. The molecule has 9 nitrogen and oxygen atoms in total. The Labute approximate surface area is 176 Å². The lowest BCUT2D eigenvalue weighted by Gasteiger charge is -2.09. The maximum absolute atomic E-state index is 12.3. The van der Waals surface area contributed by atoms with Crippen LogP contribution in [0, 0.1) is 0 Å². The fraction of sp³-hybridized carbons (Fsp3) is 0.200. The Balaban J connectivity index is 1.67. The molecule has 2 N–H and O–H groups in total. The van der Waals surface area contributed by atoms with Gasteiger partial charge in [0.15, 0.2) is 10.8 Å². The average molecular weight is 424 g/mol. The van der Waals surface area contributed by atoms with Crippen LogP contribution < -0.4 is 10.6 Å². The van der Waals surface area contributed by atoms with Crippen molar-refractivity contribution in [2.75, 3.05) is 17.7 Å². The summed E-state index contributed by atoms with van der Waals surface area (Å²) in [5, 5.41) is 9.56. The van der Waals surface area contributed by atoms with Crippen LogP contribution in [0.2, 0.25) is 0 Å². The van der Waals surface area contributed by atoms with E-state index in [1.54, 1.807) is 35.3 Å². The van der Waals surface area contributed by atoms with Crippen molar-refractivity contribution in [2.24, 2.45) is 7.05 Å². The number of anilines is 2. The van der Waals surface area contributed by atoms with Gasteiger partial charge in [0, 0.05) is 42.8 Å². The van der Waals surface area contributed by atoms with Crippen LogP contribution in [0.4, 0.5) is 11.4 Å². The van der Waals surface area contributed by atoms with Gasteiger partial charge < -0.3 is 19.9 Å². The number of esters is 1. The fourth-order valence-corrected chi connectivity index (χ4v) is 3.98. The number of rotatable bonds is 6. The molecule has 0 spiro atoms. The maximum atomic E-state index is 12.3. The molecule has 0 bridgehead atoms. The summed E-state index contributed by atoms with van der Waals surface area (Å²) in [6, 6.07) is 5.84. The number of aromatic nitrogens is 4. The number of ether oxygens (including phenoxy) is 1. The van der Waals surface area contributed by atoms with Crippen molar-refractivity contribution >= 4 is 45.6 Å². The normalized spacial score (nSPS) is 10.9. The summed E-state index contributed by atoms with van der Waals surface area (Å²) >= 11 is 1.56. The second-order valence-corrected chi connectivity index (χ2v) is 7.46. The molecule has 0 aromatic carbocycles. The van der Waals surface area contributed by atoms with E-state index < -0.39 is 5.97 Å². The number of aryl methyl sites for hydroxylation is 1. The van der Waals surface area contributed by atoms with E-state index in [4.69, 9.17) is 4.74 Å². The number of hydrogen-bond donors (Lipinski definition) is 2. The topological polar surface area (TPSA) is 103 Å². The molecular formula is C20H20N6O3S. The summed E-state index contributed by atoms with van der Waals surface area (Å²) in [5.41, 5.74) is 2.98. The molecule has 1 amide bonds. The largest absolute Gasteiger partial charge is 0.464 e. The quantitative estimate of drug-likeness (QED) is 0.461. The van der Waals surface area contributed by atoms with Crippen molar-refractivity contribution in [2.45, 2.75) is 13.5 Å². The number of hydrogen-bond acceptors (Lipinski definition) is 7. The molecule has 0 saturated carbocycles. The number of thiazole rings is 1. The molecule has 154 valence electrons. The number of pyridine rings is 1. The van der Waals surface area contributed by atoms with Gasteiger partial charge in [-0.25, -0.2) is 14.8 Å². The van der Waals surface area contributed by atoms with Crippen LogP contribution in [-0.2, 0) is 23.1 Å². The highest BCUT2D eigenvalue weighted by molar-refractivity contribution is 7.12. The molecule has 0 aliphatic carbocycles. The van der Waals surface area contributed by atoms with Crippen molar-refractivity contribution in [1.82, 2.24) is 19.1 Å². The predicted molar refractivity (Wildman–Crippen MR) is 115 cm³/mol. The van der Waals surface area contributed by atoms with Crippen LogP contribution in [0.3, 0.4) is 0 Å². The van der Waals surface area contributed by atoms with Crippen LogP contribution in [0.15, 0.2) is 42.2 Å². The lowest BCUT2D eigenvalue weighted by atomic mass is 10.2. The summed E-state index contributed by atoms with van der Waals surface area (Å²) in [4.78, 5) is 32.8. The van der Waals surface area contributed by atoms with E-state index in [2.05, 4.69) is 20.6 Å². The number of amides is 1. The first kappa shape index (κ1) is 19.6. The first-order valence-electron chi connectivity index (χ1n) is 9.14. The van der Waals surface area contributed by atoms with Gasteiger partial charge in [0.2, 0.25) is 5.91 Å². The minimum Gasteiger partial charge on any atom is -0.464 e. The molecule has 0 aliphatic heterocycles. The van der Waals surface area contributed by atoms with Crippen molar-refractivity contribution in [3.8, 4) is 5.13 Å². The van der Waals surface area contributed by atoms with Gasteiger partial charge in [-0.05, 0) is 18.2 Å². The van der Waals surface area contributed by atoms with E-state index in [1.807, 2.05) is 34.3 Å². The summed E-state index contributed by atoms with van der Waals surface area (Å²) in [6.07, 6.45) is 5.43. The third kappa shape index (κ3) is 3.52. The zero-order valence-electron chi connectivity index (χ0n) is 16.7. The summed E-state index contributed by atoms with van der Waals surface area (Å²) in [7, 11) is 3.01. The molecule has 0 unspecified atom stereocenters. The SMILES string of the molecule is COC(=O)c1c(NC(C)=O)c2cc(NCc3cccn3-c3nccs3)cnc2n1C. The Morgan fingerprint density at radius 3 is 2.83 bits per heavy atom. The van der Waals surface area contributed by atoms with Crippen LogP contribution in [0.5, 0.6) is 0 Å². The molecule has 4 aromatic rings. The Kier molecular flexibility index (Phi) is 5.23. The molecule has 0 atom stereocenters. The average Bonchev–Trinajstić information content (AvgIpc) is 3.46. The number of nitrogens with one attached hydrogen (secondary N) is 2. The van der Waals surface area contributed by atoms with Gasteiger partial charge in [-0.2, -0.15) is 0 Å². The molecule has 0 radical (unpaired) electrons. The molecular weight excluding hydrogens is 404 g/mol. The number of methoxy groups -OCH3 is 1. The lowest BCUT2D eigenvalue weighted by Crippen LogP contribution is -2.13. The Morgan fingerprint density at radius 2 is 2.13 bits per heavy atom. The molecule has 0 aliphatic rings. The highest BCUT2D eigenvalue weighted by atomic mass is 32.1. The van der Waals surface area contributed by atoms with Crippen molar-refractivity contribution < 1.29 is 14.3 Å². The zero-order valence-corrected chi connectivity index (χ0v) is 17.5. The summed E-state index contributed by atoms with van der Waals surface area (Å²) < 4.78 is 8.51. The van der Waals surface area contributed by atoms with E-state index in [0.717, 1.165) is 16.5 Å².